The van der Waals surface area contributed by atoms with Crippen LogP contribution in [-0.4, -0.2) is 35.3 Å². The molecular formula is C17H26N2O2. The van der Waals surface area contributed by atoms with Crippen molar-refractivity contribution in [1.82, 2.24) is 10.2 Å². The van der Waals surface area contributed by atoms with E-state index in [1.54, 1.807) is 4.90 Å². The third-order valence-electron chi connectivity index (χ3n) is 3.13. The van der Waals surface area contributed by atoms with Crippen molar-refractivity contribution >= 4 is 11.8 Å². The van der Waals surface area contributed by atoms with Crippen LogP contribution in [0.1, 0.15) is 50.5 Å². The van der Waals surface area contributed by atoms with Crippen LogP contribution in [0.4, 0.5) is 0 Å². The average Bonchev–Trinajstić information content (AvgIpc) is 2.42. The fourth-order valence-electron chi connectivity index (χ4n) is 2.02. The summed E-state index contributed by atoms with van der Waals surface area (Å²) in [6.45, 7) is 10.3. The van der Waals surface area contributed by atoms with Crippen molar-refractivity contribution in [2.75, 3.05) is 13.1 Å². The molecule has 2 amide bonds. The van der Waals surface area contributed by atoms with Crippen molar-refractivity contribution in [2.45, 2.75) is 46.6 Å². The van der Waals surface area contributed by atoms with E-state index >= 15 is 0 Å². The zero-order chi connectivity index (χ0) is 16.0. The topological polar surface area (TPSA) is 49.4 Å². The molecule has 4 heteroatoms. The van der Waals surface area contributed by atoms with E-state index < -0.39 is 0 Å². The van der Waals surface area contributed by atoms with Gasteiger partial charge in [-0.2, -0.15) is 0 Å². The van der Waals surface area contributed by atoms with Gasteiger partial charge in [0.2, 0.25) is 5.91 Å². The van der Waals surface area contributed by atoms with Crippen molar-refractivity contribution in [3.8, 4) is 0 Å². The van der Waals surface area contributed by atoms with Gasteiger partial charge in [0.25, 0.3) is 5.91 Å². The maximum Gasteiger partial charge on any atom is 0.254 e. The largest absolute Gasteiger partial charge is 0.350 e. The maximum absolute atomic E-state index is 12.4. The molecule has 0 aliphatic carbocycles. The van der Waals surface area contributed by atoms with Gasteiger partial charge in [0.05, 0.1) is 6.54 Å². The number of hydrogen-bond acceptors (Lipinski definition) is 2. The van der Waals surface area contributed by atoms with Gasteiger partial charge < -0.3 is 10.2 Å². The highest BCUT2D eigenvalue weighted by Crippen LogP contribution is 2.09. The number of likely N-dealkylation sites (N-methyl/N-ethyl adjacent to an activating group) is 1. The molecule has 0 aliphatic heterocycles. The third-order valence-corrected chi connectivity index (χ3v) is 3.13. The Morgan fingerprint density at radius 2 is 1.67 bits per heavy atom. The third kappa shape index (κ3) is 5.58. The van der Waals surface area contributed by atoms with Crippen LogP contribution in [0.5, 0.6) is 0 Å². The fraction of sp³-hybridized carbons (Fsp3) is 0.529. The number of carbonyl (C=O) groups excluding carboxylic acids is 2. The highest BCUT2D eigenvalue weighted by molar-refractivity contribution is 5.96. The Labute approximate surface area is 127 Å². The lowest BCUT2D eigenvalue weighted by Gasteiger charge is -2.25. The van der Waals surface area contributed by atoms with Crippen LogP contribution in [0.2, 0.25) is 0 Å². The second-order valence-electron chi connectivity index (χ2n) is 6.17. The molecule has 0 unspecified atom stereocenters. The van der Waals surface area contributed by atoms with Gasteiger partial charge in [0, 0.05) is 17.6 Å². The SMILES string of the molecule is CCc1ccc(C(=O)N(CC)CC(=O)NC(C)(C)C)cc1. The summed E-state index contributed by atoms with van der Waals surface area (Å²) in [5, 5.41) is 2.88. The van der Waals surface area contributed by atoms with Gasteiger partial charge in [-0.05, 0) is 51.8 Å². The molecular weight excluding hydrogens is 264 g/mol. The summed E-state index contributed by atoms with van der Waals surface area (Å²) in [7, 11) is 0. The van der Waals surface area contributed by atoms with Crippen LogP contribution < -0.4 is 5.32 Å². The number of carbonyl (C=O) groups is 2. The van der Waals surface area contributed by atoms with Gasteiger partial charge in [0.1, 0.15) is 0 Å². The van der Waals surface area contributed by atoms with Crippen molar-refractivity contribution < 1.29 is 9.59 Å². The average molecular weight is 290 g/mol. The minimum atomic E-state index is -0.289. The lowest BCUT2D eigenvalue weighted by molar-refractivity contribution is -0.123. The molecule has 0 atom stereocenters. The number of hydrogen-bond donors (Lipinski definition) is 1. The first-order chi connectivity index (χ1) is 9.76. The minimum Gasteiger partial charge on any atom is -0.350 e. The number of aryl methyl sites for hydroxylation is 1. The molecule has 0 spiro atoms. The number of nitrogens with one attached hydrogen (secondary N) is 1. The molecule has 21 heavy (non-hydrogen) atoms. The molecule has 116 valence electrons. The van der Waals surface area contributed by atoms with Crippen molar-refractivity contribution in [2.24, 2.45) is 0 Å². The Balaban J connectivity index is 2.74. The Morgan fingerprint density at radius 3 is 2.10 bits per heavy atom. The molecule has 0 aliphatic rings. The first kappa shape index (κ1) is 17.2. The smallest absolute Gasteiger partial charge is 0.254 e. The fourth-order valence-corrected chi connectivity index (χ4v) is 2.02. The first-order valence-electron chi connectivity index (χ1n) is 7.46. The van der Waals surface area contributed by atoms with Crippen LogP contribution in [-0.2, 0) is 11.2 Å². The maximum atomic E-state index is 12.4. The highest BCUT2D eigenvalue weighted by Gasteiger charge is 2.20. The number of nitrogens with zero attached hydrogens (tertiary/aromatic N) is 1. The van der Waals surface area contributed by atoms with E-state index in [1.807, 2.05) is 52.0 Å². The Kier molecular flexibility index (Phi) is 5.94. The molecule has 1 aromatic rings. The molecule has 0 radical (unpaired) electrons. The summed E-state index contributed by atoms with van der Waals surface area (Å²) < 4.78 is 0. The van der Waals surface area contributed by atoms with E-state index in [-0.39, 0.29) is 23.9 Å². The lowest BCUT2D eigenvalue weighted by atomic mass is 10.1. The van der Waals surface area contributed by atoms with Crippen LogP contribution in [0.25, 0.3) is 0 Å². The molecule has 4 nitrogen and oxygen atoms in total. The van der Waals surface area contributed by atoms with E-state index in [4.69, 9.17) is 0 Å². The summed E-state index contributed by atoms with van der Waals surface area (Å²) in [6.07, 6.45) is 0.944. The predicted octanol–water partition coefficient (Wildman–Crippen LogP) is 2.63. The standard InChI is InChI=1S/C17H26N2O2/c1-6-13-8-10-14(11-9-13)16(21)19(7-2)12-15(20)18-17(3,4)5/h8-11H,6-7,12H2,1-5H3,(H,18,20). The quantitative estimate of drug-likeness (QED) is 0.906. The Bertz CT molecular complexity index is 487. The summed E-state index contributed by atoms with van der Waals surface area (Å²) in [5.41, 5.74) is 1.53. The van der Waals surface area contributed by atoms with Gasteiger partial charge in [0.15, 0.2) is 0 Å². The predicted molar refractivity (Wildman–Crippen MR) is 85.3 cm³/mol. The van der Waals surface area contributed by atoms with E-state index in [9.17, 15) is 9.59 Å². The molecule has 1 N–H and O–H groups in total. The Hall–Kier alpha value is -1.84. The first-order valence-corrected chi connectivity index (χ1v) is 7.46. The van der Waals surface area contributed by atoms with Crippen LogP contribution in [0, 0.1) is 0 Å². The van der Waals surface area contributed by atoms with Crippen LogP contribution >= 0.6 is 0 Å². The number of amides is 2. The van der Waals surface area contributed by atoms with Gasteiger partial charge >= 0.3 is 0 Å². The second-order valence-corrected chi connectivity index (χ2v) is 6.17. The molecule has 0 saturated carbocycles. The minimum absolute atomic E-state index is 0.0854. The van der Waals surface area contributed by atoms with E-state index in [1.165, 1.54) is 5.56 Å². The zero-order valence-electron chi connectivity index (χ0n) is 13.7. The molecule has 0 aromatic heterocycles. The molecule has 0 bridgehead atoms. The van der Waals surface area contributed by atoms with Crippen LogP contribution in [0.3, 0.4) is 0 Å². The van der Waals surface area contributed by atoms with Crippen molar-refractivity contribution in [3.05, 3.63) is 35.4 Å². The molecule has 1 rings (SSSR count). The number of rotatable bonds is 5. The summed E-state index contributed by atoms with van der Waals surface area (Å²) in [5.74, 6) is -0.243. The van der Waals surface area contributed by atoms with Crippen molar-refractivity contribution in [1.29, 1.82) is 0 Å². The normalized spacial score (nSPS) is 11.1. The van der Waals surface area contributed by atoms with Gasteiger partial charge in [-0.1, -0.05) is 19.1 Å². The zero-order valence-corrected chi connectivity index (χ0v) is 13.7. The van der Waals surface area contributed by atoms with E-state index in [2.05, 4.69) is 12.2 Å². The highest BCUT2D eigenvalue weighted by atomic mass is 16.2. The second kappa shape index (κ2) is 7.25. The number of benzene rings is 1. The van der Waals surface area contributed by atoms with Crippen LogP contribution in [0.15, 0.2) is 24.3 Å². The van der Waals surface area contributed by atoms with Gasteiger partial charge in [-0.15, -0.1) is 0 Å². The van der Waals surface area contributed by atoms with Crippen molar-refractivity contribution in [3.63, 3.8) is 0 Å². The monoisotopic (exact) mass is 290 g/mol. The molecule has 0 fully saturated rings. The van der Waals surface area contributed by atoms with Gasteiger partial charge in [-0.3, -0.25) is 9.59 Å². The van der Waals surface area contributed by atoms with E-state index in [0.29, 0.717) is 12.1 Å². The summed E-state index contributed by atoms with van der Waals surface area (Å²) in [4.78, 5) is 25.9. The van der Waals surface area contributed by atoms with Gasteiger partial charge in [-0.25, -0.2) is 0 Å². The van der Waals surface area contributed by atoms with E-state index in [0.717, 1.165) is 6.42 Å². The lowest BCUT2D eigenvalue weighted by Crippen LogP contribution is -2.47. The summed E-state index contributed by atoms with van der Waals surface area (Å²) in [6, 6.07) is 7.56. The molecule has 0 saturated heterocycles. The molecule has 1 aromatic carbocycles. The summed E-state index contributed by atoms with van der Waals surface area (Å²) >= 11 is 0. The Morgan fingerprint density at radius 1 is 1.10 bits per heavy atom. The molecule has 0 heterocycles.